The molecule has 140 valence electrons. The molecule has 1 unspecified atom stereocenters. The van der Waals surface area contributed by atoms with Crippen LogP contribution < -0.4 is 5.73 Å². The maximum absolute atomic E-state index is 12.4. The molecule has 0 aromatic rings. The van der Waals surface area contributed by atoms with Crippen molar-refractivity contribution in [3.63, 3.8) is 0 Å². The van der Waals surface area contributed by atoms with Crippen LogP contribution in [0.4, 0.5) is 0 Å². The molecule has 0 aromatic heterocycles. The van der Waals surface area contributed by atoms with Crippen LogP contribution in [-0.2, 0) is 18.8 Å². The quantitative estimate of drug-likeness (QED) is 0.436. The molecule has 0 radical (unpaired) electrons. The fourth-order valence-electron chi connectivity index (χ4n) is 2.60. The highest BCUT2D eigenvalue weighted by atomic mass is 16.7. The topological polar surface area (TPSA) is 70.8 Å². The van der Waals surface area contributed by atoms with Crippen LogP contribution in [0.15, 0.2) is 0 Å². The molecule has 0 saturated carbocycles. The lowest BCUT2D eigenvalue weighted by Gasteiger charge is -2.32. The normalized spacial score (nSPS) is 22.3. The number of ether oxygens (including phenoxy) is 1. The van der Waals surface area contributed by atoms with E-state index in [1.165, 1.54) is 0 Å². The average molecular weight is 341 g/mol. The number of rotatable bonds is 7. The van der Waals surface area contributed by atoms with Gasteiger partial charge in [0.2, 0.25) is 0 Å². The predicted octanol–water partition coefficient (Wildman–Crippen LogP) is 3.56. The molecule has 0 aromatic carbocycles. The Kier molecular flexibility index (Phi) is 6.57. The maximum atomic E-state index is 12.4. The van der Waals surface area contributed by atoms with Gasteiger partial charge in [-0.1, -0.05) is 12.8 Å². The first-order valence-electron chi connectivity index (χ1n) is 9.02. The number of hydrogen-bond acceptors (Lipinski definition) is 5. The molecular formula is C18H36BNO4. The van der Waals surface area contributed by atoms with Crippen LogP contribution in [0.1, 0.15) is 74.7 Å². The van der Waals surface area contributed by atoms with E-state index in [1.807, 2.05) is 27.7 Å². The molecular weight excluding hydrogens is 305 g/mol. The average Bonchev–Trinajstić information content (AvgIpc) is 2.60. The van der Waals surface area contributed by atoms with Gasteiger partial charge >= 0.3 is 13.1 Å². The standard InChI is InChI=1S/C18H36BNO4/c1-15(2,3)22-14(21)18(8,13-20)11-9-10-12-19-23-16(4,5)17(6,7)24-19/h9-13,20H2,1-8H3. The molecule has 1 aliphatic rings. The second kappa shape index (κ2) is 7.34. The van der Waals surface area contributed by atoms with Crippen molar-refractivity contribution in [2.45, 2.75) is 97.8 Å². The second-order valence-electron chi connectivity index (χ2n) is 9.20. The van der Waals surface area contributed by atoms with Gasteiger partial charge in [-0.25, -0.2) is 0 Å². The van der Waals surface area contributed by atoms with Crippen molar-refractivity contribution in [3.05, 3.63) is 0 Å². The molecule has 0 aliphatic carbocycles. The third kappa shape index (κ3) is 5.46. The third-order valence-corrected chi connectivity index (χ3v) is 5.06. The van der Waals surface area contributed by atoms with Gasteiger partial charge in [0.05, 0.1) is 16.6 Å². The summed E-state index contributed by atoms with van der Waals surface area (Å²) in [5.41, 5.74) is 4.14. The summed E-state index contributed by atoms with van der Waals surface area (Å²) >= 11 is 0. The van der Waals surface area contributed by atoms with E-state index < -0.39 is 11.0 Å². The lowest BCUT2D eigenvalue weighted by atomic mass is 9.79. The molecule has 0 spiro atoms. The SMILES string of the molecule is CC(C)(C)OC(=O)C(C)(CN)CCCCB1OC(C)(C)C(C)(C)O1. The van der Waals surface area contributed by atoms with E-state index in [0.717, 1.165) is 19.2 Å². The Labute approximate surface area is 148 Å². The summed E-state index contributed by atoms with van der Waals surface area (Å²) in [6.07, 6.45) is 3.34. The Hall–Kier alpha value is -0.585. The highest BCUT2D eigenvalue weighted by molar-refractivity contribution is 6.45. The predicted molar refractivity (Wildman–Crippen MR) is 97.7 cm³/mol. The van der Waals surface area contributed by atoms with Crippen molar-refractivity contribution in [3.8, 4) is 0 Å². The highest BCUT2D eigenvalue weighted by Gasteiger charge is 2.50. The summed E-state index contributed by atoms with van der Waals surface area (Å²) in [6, 6.07) is 0. The van der Waals surface area contributed by atoms with Crippen molar-refractivity contribution < 1.29 is 18.8 Å². The minimum atomic E-state index is -0.636. The number of unbranched alkanes of at least 4 members (excludes halogenated alkanes) is 1. The maximum Gasteiger partial charge on any atom is 0.457 e. The van der Waals surface area contributed by atoms with Gasteiger partial charge in [-0.15, -0.1) is 0 Å². The first-order chi connectivity index (χ1) is 10.7. The zero-order chi connectivity index (χ0) is 18.8. The van der Waals surface area contributed by atoms with Crippen LogP contribution in [0, 0.1) is 5.41 Å². The largest absolute Gasteiger partial charge is 0.460 e. The van der Waals surface area contributed by atoms with Crippen molar-refractivity contribution in [1.29, 1.82) is 0 Å². The minimum Gasteiger partial charge on any atom is -0.460 e. The summed E-state index contributed by atoms with van der Waals surface area (Å²) in [5.74, 6) is -0.215. The fourth-order valence-corrected chi connectivity index (χ4v) is 2.60. The van der Waals surface area contributed by atoms with E-state index in [2.05, 4.69) is 27.7 Å². The Morgan fingerprint density at radius 1 is 1.04 bits per heavy atom. The smallest absolute Gasteiger partial charge is 0.457 e. The van der Waals surface area contributed by atoms with Crippen LogP contribution >= 0.6 is 0 Å². The number of nitrogens with two attached hydrogens (primary N) is 1. The van der Waals surface area contributed by atoms with Gasteiger partial charge in [0, 0.05) is 6.54 Å². The molecule has 1 rings (SSSR count). The number of hydrogen-bond donors (Lipinski definition) is 1. The summed E-state index contributed by atoms with van der Waals surface area (Å²) in [5, 5.41) is 0. The lowest BCUT2D eigenvalue weighted by Crippen LogP contribution is -2.41. The summed E-state index contributed by atoms with van der Waals surface area (Å²) in [7, 11) is -0.180. The van der Waals surface area contributed by atoms with Crippen LogP contribution in [0.2, 0.25) is 6.32 Å². The highest BCUT2D eigenvalue weighted by Crippen LogP contribution is 2.38. The van der Waals surface area contributed by atoms with Gasteiger partial charge in [0.15, 0.2) is 0 Å². The number of carbonyl (C=O) groups excluding carboxylic acids is 1. The molecule has 6 heteroatoms. The zero-order valence-electron chi connectivity index (χ0n) is 16.8. The van der Waals surface area contributed by atoms with E-state index in [9.17, 15) is 4.79 Å². The van der Waals surface area contributed by atoms with E-state index in [4.69, 9.17) is 19.8 Å². The van der Waals surface area contributed by atoms with Crippen molar-refractivity contribution in [1.82, 2.24) is 0 Å². The molecule has 24 heavy (non-hydrogen) atoms. The van der Waals surface area contributed by atoms with Gasteiger partial charge in [0.1, 0.15) is 5.60 Å². The fraction of sp³-hybridized carbons (Fsp3) is 0.944. The van der Waals surface area contributed by atoms with E-state index in [1.54, 1.807) is 0 Å². The summed E-state index contributed by atoms with van der Waals surface area (Å²) in [6.45, 7) is 16.0. The van der Waals surface area contributed by atoms with Gasteiger partial charge in [-0.3, -0.25) is 4.79 Å². The first-order valence-corrected chi connectivity index (χ1v) is 9.02. The van der Waals surface area contributed by atoms with E-state index in [0.29, 0.717) is 13.0 Å². The molecule has 1 atom stereocenters. The molecule has 1 fully saturated rings. The Morgan fingerprint density at radius 2 is 1.54 bits per heavy atom. The van der Waals surface area contributed by atoms with Crippen LogP contribution in [0.5, 0.6) is 0 Å². The van der Waals surface area contributed by atoms with Gasteiger partial charge < -0.3 is 19.8 Å². The van der Waals surface area contributed by atoms with E-state index >= 15 is 0 Å². The lowest BCUT2D eigenvalue weighted by molar-refractivity contribution is -0.166. The van der Waals surface area contributed by atoms with Gasteiger partial charge in [-0.05, 0) is 68.1 Å². The minimum absolute atomic E-state index is 0.180. The van der Waals surface area contributed by atoms with Crippen molar-refractivity contribution >= 4 is 13.1 Å². The summed E-state index contributed by atoms with van der Waals surface area (Å²) in [4.78, 5) is 12.4. The Bertz CT molecular complexity index is 429. The molecule has 1 aliphatic heterocycles. The Morgan fingerprint density at radius 3 is 1.96 bits per heavy atom. The molecule has 1 heterocycles. The monoisotopic (exact) mass is 341 g/mol. The van der Waals surface area contributed by atoms with Crippen LogP contribution in [0.25, 0.3) is 0 Å². The summed E-state index contributed by atoms with van der Waals surface area (Å²) < 4.78 is 17.5. The Balaban J connectivity index is 2.44. The van der Waals surface area contributed by atoms with Gasteiger partial charge in [-0.2, -0.15) is 0 Å². The van der Waals surface area contributed by atoms with Crippen LogP contribution in [0.3, 0.4) is 0 Å². The van der Waals surface area contributed by atoms with Crippen molar-refractivity contribution in [2.75, 3.05) is 6.54 Å². The first kappa shape index (κ1) is 21.5. The molecule has 2 N–H and O–H groups in total. The number of carbonyl (C=O) groups is 1. The molecule has 0 bridgehead atoms. The molecule has 0 amide bonds. The second-order valence-corrected chi connectivity index (χ2v) is 9.20. The molecule has 5 nitrogen and oxygen atoms in total. The van der Waals surface area contributed by atoms with Gasteiger partial charge in [0.25, 0.3) is 0 Å². The van der Waals surface area contributed by atoms with E-state index in [-0.39, 0.29) is 24.3 Å². The van der Waals surface area contributed by atoms with Crippen molar-refractivity contribution in [2.24, 2.45) is 11.1 Å². The number of esters is 1. The van der Waals surface area contributed by atoms with Crippen LogP contribution in [-0.4, -0.2) is 36.4 Å². The third-order valence-electron chi connectivity index (χ3n) is 5.06. The zero-order valence-corrected chi connectivity index (χ0v) is 16.8. The molecule has 1 saturated heterocycles.